The van der Waals surface area contributed by atoms with Crippen molar-refractivity contribution >= 4 is 5.91 Å². The van der Waals surface area contributed by atoms with E-state index in [1.165, 1.54) is 30.3 Å². The first kappa shape index (κ1) is 19.8. The fraction of sp³-hybridized carbons (Fsp3) is 0.360. The largest absolute Gasteiger partial charge is 0.507 e. The van der Waals surface area contributed by atoms with Crippen LogP contribution < -0.4 is 0 Å². The van der Waals surface area contributed by atoms with Crippen LogP contribution in [0.3, 0.4) is 0 Å². The predicted octanol–water partition coefficient (Wildman–Crippen LogP) is 4.66. The molecule has 6 heteroatoms. The van der Waals surface area contributed by atoms with Crippen molar-refractivity contribution in [3.63, 3.8) is 0 Å². The molecule has 0 bridgehead atoms. The minimum absolute atomic E-state index is 0.0824. The maximum atomic E-state index is 13.9. The summed E-state index contributed by atoms with van der Waals surface area (Å²) in [6, 6.07) is 12.9. The predicted molar refractivity (Wildman–Crippen MR) is 116 cm³/mol. The molecule has 0 atom stereocenters. The number of para-hydroxylation sites is 1. The van der Waals surface area contributed by atoms with Crippen LogP contribution in [0.25, 0.3) is 5.69 Å². The van der Waals surface area contributed by atoms with Crippen molar-refractivity contribution in [2.45, 2.75) is 39.5 Å². The fourth-order valence-corrected chi connectivity index (χ4v) is 5.26. The third-order valence-corrected chi connectivity index (χ3v) is 6.91. The van der Waals surface area contributed by atoms with Crippen LogP contribution in [0.2, 0.25) is 0 Å². The van der Waals surface area contributed by atoms with Crippen molar-refractivity contribution in [3.05, 3.63) is 76.4 Å². The molecular weight excluding hydrogens is 393 g/mol. The minimum Gasteiger partial charge on any atom is -0.507 e. The summed E-state index contributed by atoms with van der Waals surface area (Å²) in [5, 5.41) is 14.8. The maximum Gasteiger partial charge on any atom is 0.258 e. The zero-order valence-electron chi connectivity index (χ0n) is 18.0. The highest BCUT2D eigenvalue weighted by molar-refractivity contribution is 5.98. The Morgan fingerprint density at radius 3 is 2.55 bits per heavy atom. The number of halogens is 1. The summed E-state index contributed by atoms with van der Waals surface area (Å²) in [6.45, 7) is 6.94. The molecule has 2 aromatic carbocycles. The number of hydrogen-bond acceptors (Lipinski definition) is 3. The molecule has 160 valence electrons. The van der Waals surface area contributed by atoms with Crippen molar-refractivity contribution in [1.29, 1.82) is 0 Å². The lowest BCUT2D eigenvalue weighted by Crippen LogP contribution is -2.63. The van der Waals surface area contributed by atoms with Crippen LogP contribution in [0.1, 0.15) is 51.6 Å². The first-order valence-electron chi connectivity index (χ1n) is 10.7. The van der Waals surface area contributed by atoms with Crippen LogP contribution in [-0.4, -0.2) is 38.8 Å². The highest BCUT2D eigenvalue weighted by atomic mass is 19.1. The Morgan fingerprint density at radius 1 is 1.13 bits per heavy atom. The second-order valence-corrected chi connectivity index (χ2v) is 9.24. The van der Waals surface area contributed by atoms with Gasteiger partial charge in [0.25, 0.3) is 5.91 Å². The molecule has 0 unspecified atom stereocenters. The highest BCUT2D eigenvalue weighted by Crippen LogP contribution is 2.56. The van der Waals surface area contributed by atoms with Crippen LogP contribution in [0, 0.1) is 32.0 Å². The number of nitrogens with zero attached hydrogens (tertiary/aromatic N) is 3. The third kappa shape index (κ3) is 3.12. The minimum atomic E-state index is -0.472. The van der Waals surface area contributed by atoms with E-state index in [0.717, 1.165) is 24.2 Å². The van der Waals surface area contributed by atoms with Crippen LogP contribution in [0.15, 0.2) is 42.5 Å². The number of rotatable bonds is 3. The van der Waals surface area contributed by atoms with Gasteiger partial charge in [0, 0.05) is 35.7 Å². The molecular formula is C25H26FN3O2. The molecule has 1 amide bonds. The molecule has 2 heterocycles. The number of amides is 1. The Labute approximate surface area is 181 Å². The molecule has 31 heavy (non-hydrogen) atoms. The monoisotopic (exact) mass is 419 g/mol. The van der Waals surface area contributed by atoms with Crippen LogP contribution in [0.4, 0.5) is 4.39 Å². The smallest absolute Gasteiger partial charge is 0.258 e. The lowest BCUT2D eigenvalue weighted by Gasteiger charge is -2.59. The summed E-state index contributed by atoms with van der Waals surface area (Å²) in [7, 11) is 0. The maximum absolute atomic E-state index is 13.9. The van der Waals surface area contributed by atoms with E-state index in [1.807, 2.05) is 19.1 Å². The molecule has 5 rings (SSSR count). The van der Waals surface area contributed by atoms with Crippen molar-refractivity contribution in [1.82, 2.24) is 14.7 Å². The lowest BCUT2D eigenvalue weighted by molar-refractivity contribution is -0.0567. The van der Waals surface area contributed by atoms with E-state index in [9.17, 15) is 14.3 Å². The molecule has 1 aliphatic carbocycles. The number of likely N-dealkylation sites (tertiary alicyclic amines) is 1. The van der Waals surface area contributed by atoms with Crippen molar-refractivity contribution in [3.8, 4) is 11.4 Å². The van der Waals surface area contributed by atoms with Crippen molar-refractivity contribution in [2.24, 2.45) is 5.41 Å². The van der Waals surface area contributed by atoms with Gasteiger partial charge in [0.05, 0.1) is 16.9 Å². The zero-order valence-corrected chi connectivity index (χ0v) is 18.0. The van der Waals surface area contributed by atoms with Gasteiger partial charge in [-0.05, 0) is 63.4 Å². The summed E-state index contributed by atoms with van der Waals surface area (Å²) in [6.07, 6.45) is 2.00. The van der Waals surface area contributed by atoms with Gasteiger partial charge in [-0.15, -0.1) is 0 Å². The van der Waals surface area contributed by atoms with Crippen molar-refractivity contribution in [2.75, 3.05) is 13.1 Å². The van der Waals surface area contributed by atoms with E-state index in [1.54, 1.807) is 4.90 Å². The Morgan fingerprint density at radius 2 is 1.84 bits per heavy atom. The number of aromatic hydroxyl groups is 1. The molecule has 0 radical (unpaired) electrons. The molecule has 1 aromatic heterocycles. The second-order valence-electron chi connectivity index (χ2n) is 9.24. The van der Waals surface area contributed by atoms with E-state index in [0.29, 0.717) is 19.0 Å². The van der Waals surface area contributed by atoms with E-state index in [2.05, 4.69) is 29.8 Å². The molecule has 5 nitrogen and oxygen atoms in total. The van der Waals surface area contributed by atoms with Gasteiger partial charge in [-0.2, -0.15) is 5.10 Å². The third-order valence-electron chi connectivity index (χ3n) is 6.91. The van der Waals surface area contributed by atoms with Gasteiger partial charge < -0.3 is 10.0 Å². The van der Waals surface area contributed by atoms with Gasteiger partial charge in [0.1, 0.15) is 11.6 Å². The Kier molecular flexibility index (Phi) is 4.43. The molecule has 1 aliphatic heterocycles. The molecule has 2 fully saturated rings. The summed E-state index contributed by atoms with van der Waals surface area (Å²) >= 11 is 0. The molecule has 2 aliphatic rings. The second kappa shape index (κ2) is 6.94. The van der Waals surface area contributed by atoms with E-state index in [-0.39, 0.29) is 28.2 Å². The van der Waals surface area contributed by atoms with Crippen LogP contribution in [0.5, 0.6) is 5.75 Å². The number of aryl methyl sites for hydroxylation is 2. The Hall–Kier alpha value is -3.15. The number of benzene rings is 2. The van der Waals surface area contributed by atoms with E-state index < -0.39 is 5.82 Å². The summed E-state index contributed by atoms with van der Waals surface area (Å²) in [4.78, 5) is 14.6. The Bertz CT molecular complexity index is 1190. The lowest BCUT2D eigenvalue weighted by atomic mass is 9.56. The normalized spacial score (nSPS) is 17.5. The van der Waals surface area contributed by atoms with E-state index >= 15 is 0 Å². The first-order valence-corrected chi connectivity index (χ1v) is 10.7. The topological polar surface area (TPSA) is 58.4 Å². The number of phenols is 1. The molecule has 3 aromatic rings. The van der Waals surface area contributed by atoms with Crippen LogP contribution in [-0.2, 0) is 0 Å². The van der Waals surface area contributed by atoms with Gasteiger partial charge in [0.15, 0.2) is 0 Å². The molecule has 1 N–H and O–H groups in total. The number of phenolic OH excluding ortho intramolecular Hbond substituents is 1. The zero-order chi connectivity index (χ0) is 21.9. The molecule has 1 spiro atoms. The highest BCUT2D eigenvalue weighted by Gasteiger charge is 2.55. The summed E-state index contributed by atoms with van der Waals surface area (Å²) in [5.74, 6) is -0.513. The van der Waals surface area contributed by atoms with Gasteiger partial charge in [0.2, 0.25) is 0 Å². The number of aromatic nitrogens is 2. The summed E-state index contributed by atoms with van der Waals surface area (Å²) < 4.78 is 16.0. The molecule has 1 saturated heterocycles. The average molecular weight is 420 g/mol. The van der Waals surface area contributed by atoms with Gasteiger partial charge in [-0.3, -0.25) is 4.79 Å². The number of hydrogen-bond donors (Lipinski definition) is 1. The van der Waals surface area contributed by atoms with Gasteiger partial charge in [-0.25, -0.2) is 9.07 Å². The molecule has 1 saturated carbocycles. The fourth-order valence-electron chi connectivity index (χ4n) is 5.26. The van der Waals surface area contributed by atoms with Gasteiger partial charge >= 0.3 is 0 Å². The SMILES string of the molecule is Cc1cc(C2CC3(C2)CN(C(=O)c2c(O)ccc(F)c2C)C3)n(-c2ccccc2C)n1. The summed E-state index contributed by atoms with van der Waals surface area (Å²) in [5.41, 5.74) is 4.92. The Balaban J connectivity index is 1.30. The standard InChI is InChI=1S/C25H26FN3O2/c1-15-6-4-5-7-20(15)29-21(10-16(2)27-29)18-11-25(12-18)13-28(14-25)24(31)23-17(3)19(26)8-9-22(23)30/h4-10,18,30H,11-14H2,1-3H3. The van der Waals surface area contributed by atoms with Crippen molar-refractivity contribution < 1.29 is 14.3 Å². The quantitative estimate of drug-likeness (QED) is 0.672. The average Bonchev–Trinajstić information content (AvgIpc) is 3.04. The number of carbonyl (C=O) groups excluding carboxylic acids is 1. The van der Waals surface area contributed by atoms with E-state index in [4.69, 9.17) is 5.10 Å². The number of carbonyl (C=O) groups is 1. The first-order chi connectivity index (χ1) is 14.8. The van der Waals surface area contributed by atoms with Crippen LogP contribution >= 0.6 is 0 Å². The van der Waals surface area contributed by atoms with Gasteiger partial charge in [-0.1, -0.05) is 18.2 Å².